The van der Waals surface area contributed by atoms with Crippen LogP contribution in [0.1, 0.15) is 45.4 Å². The molecule has 1 heteroatoms. The van der Waals surface area contributed by atoms with Gasteiger partial charge in [0.05, 0.1) is 6.07 Å². The maximum absolute atomic E-state index is 8.30. The van der Waals surface area contributed by atoms with Gasteiger partial charge in [-0.3, -0.25) is 0 Å². The Bertz CT molecular complexity index is 241. The minimum atomic E-state index is 0.617. The molecule has 15 heavy (non-hydrogen) atoms. The average Bonchev–Trinajstić information content (AvgIpc) is 2.26. The molecule has 0 aromatic heterocycles. The summed E-state index contributed by atoms with van der Waals surface area (Å²) in [6.45, 7) is 2.16. The number of nitriles is 1. The van der Waals surface area contributed by atoms with E-state index in [9.17, 15) is 0 Å². The van der Waals surface area contributed by atoms with Crippen LogP contribution in [-0.4, -0.2) is 0 Å². The van der Waals surface area contributed by atoms with Crippen molar-refractivity contribution in [1.29, 1.82) is 5.26 Å². The molecule has 0 unspecified atom stereocenters. The number of unbranched alkanes of at least 4 members (excludes halogenated alkanes) is 3. The van der Waals surface area contributed by atoms with Gasteiger partial charge in [-0.25, -0.2) is 0 Å². The Morgan fingerprint density at radius 3 is 2.27 bits per heavy atom. The normalized spacial score (nSPS) is 11.7. The predicted octanol–water partition coefficient (Wildman–Crippen LogP) is 4.54. The molecule has 0 saturated heterocycles. The van der Waals surface area contributed by atoms with Crippen molar-refractivity contribution in [3.63, 3.8) is 0 Å². The standard InChI is InChI=1S/C14H21N/c1-2-3-4-5-6-7-8-9-10-11-12-13-14-15/h3-4,8-11H,2,5-7,12-13H2,1H3/b4-3+,9-8+,11-10+. The van der Waals surface area contributed by atoms with E-state index in [-0.39, 0.29) is 0 Å². The molecule has 0 aromatic rings. The van der Waals surface area contributed by atoms with Crippen LogP contribution in [0, 0.1) is 11.3 Å². The van der Waals surface area contributed by atoms with Crippen LogP contribution in [0.15, 0.2) is 36.5 Å². The molecule has 0 aliphatic carbocycles. The van der Waals surface area contributed by atoms with Gasteiger partial charge in [-0.1, -0.05) is 43.4 Å². The monoisotopic (exact) mass is 203 g/mol. The molecule has 0 N–H and O–H groups in total. The zero-order valence-electron chi connectivity index (χ0n) is 9.65. The summed E-state index contributed by atoms with van der Waals surface area (Å²) in [5.74, 6) is 0. The van der Waals surface area contributed by atoms with Crippen LogP contribution < -0.4 is 0 Å². The van der Waals surface area contributed by atoms with Gasteiger partial charge < -0.3 is 0 Å². The Morgan fingerprint density at radius 2 is 1.60 bits per heavy atom. The van der Waals surface area contributed by atoms with Gasteiger partial charge in [0.2, 0.25) is 0 Å². The summed E-state index contributed by atoms with van der Waals surface area (Å²) in [6, 6.07) is 2.12. The summed E-state index contributed by atoms with van der Waals surface area (Å²) in [4.78, 5) is 0. The molecule has 0 aromatic carbocycles. The van der Waals surface area contributed by atoms with Crippen molar-refractivity contribution in [2.75, 3.05) is 0 Å². The molecule has 0 bridgehead atoms. The van der Waals surface area contributed by atoms with Gasteiger partial charge in [0.15, 0.2) is 0 Å². The van der Waals surface area contributed by atoms with Gasteiger partial charge in [0.1, 0.15) is 0 Å². The summed E-state index contributed by atoms with van der Waals surface area (Å²) < 4.78 is 0. The fourth-order valence-corrected chi connectivity index (χ4v) is 1.14. The topological polar surface area (TPSA) is 23.8 Å². The van der Waals surface area contributed by atoms with Gasteiger partial charge in [-0.05, 0) is 32.1 Å². The number of hydrogen-bond donors (Lipinski definition) is 0. The van der Waals surface area contributed by atoms with Crippen molar-refractivity contribution in [2.24, 2.45) is 0 Å². The molecule has 0 fully saturated rings. The first-order valence-electron chi connectivity index (χ1n) is 5.75. The second kappa shape index (κ2) is 12.7. The molecular weight excluding hydrogens is 182 g/mol. The molecule has 0 rings (SSSR count). The number of nitrogens with zero attached hydrogens (tertiary/aromatic N) is 1. The zero-order chi connectivity index (χ0) is 11.2. The Balaban J connectivity index is 3.28. The SMILES string of the molecule is CC/C=C/CCC/C=C/C=C/CCC#N. The zero-order valence-corrected chi connectivity index (χ0v) is 9.65. The Hall–Kier alpha value is -1.29. The van der Waals surface area contributed by atoms with Crippen molar-refractivity contribution in [3.05, 3.63) is 36.5 Å². The smallest absolute Gasteiger partial charge is 0.0625 e. The molecule has 0 aliphatic rings. The van der Waals surface area contributed by atoms with E-state index in [0.29, 0.717) is 6.42 Å². The Kier molecular flexibility index (Phi) is 11.6. The van der Waals surface area contributed by atoms with Crippen LogP contribution in [0.2, 0.25) is 0 Å². The van der Waals surface area contributed by atoms with Gasteiger partial charge in [0, 0.05) is 6.42 Å². The minimum absolute atomic E-state index is 0.617. The molecular formula is C14H21N. The van der Waals surface area contributed by atoms with Crippen LogP contribution in [0.25, 0.3) is 0 Å². The van der Waals surface area contributed by atoms with Crippen LogP contribution in [0.4, 0.5) is 0 Å². The second-order valence-electron chi connectivity index (χ2n) is 3.36. The lowest BCUT2D eigenvalue weighted by Gasteiger charge is -1.88. The Morgan fingerprint density at radius 1 is 0.933 bits per heavy atom. The molecule has 0 atom stereocenters. The van der Waals surface area contributed by atoms with E-state index in [1.807, 2.05) is 12.2 Å². The molecule has 0 amide bonds. The maximum atomic E-state index is 8.30. The first-order chi connectivity index (χ1) is 7.41. The maximum Gasteiger partial charge on any atom is 0.0625 e. The number of hydrogen-bond acceptors (Lipinski definition) is 1. The number of allylic oxidation sites excluding steroid dienone is 6. The lowest BCUT2D eigenvalue weighted by molar-refractivity contribution is 0.865. The third kappa shape index (κ3) is 12.7. The highest BCUT2D eigenvalue weighted by Gasteiger charge is 1.79. The summed E-state index contributed by atoms with van der Waals surface area (Å²) in [5, 5.41) is 8.30. The third-order valence-electron chi connectivity index (χ3n) is 1.95. The fourth-order valence-electron chi connectivity index (χ4n) is 1.14. The van der Waals surface area contributed by atoms with Crippen LogP contribution in [0.5, 0.6) is 0 Å². The van der Waals surface area contributed by atoms with Gasteiger partial charge in [-0.2, -0.15) is 5.26 Å². The van der Waals surface area contributed by atoms with Crippen molar-refractivity contribution in [3.8, 4) is 6.07 Å². The first-order valence-corrected chi connectivity index (χ1v) is 5.75. The molecule has 1 nitrogen and oxygen atoms in total. The third-order valence-corrected chi connectivity index (χ3v) is 1.95. The highest BCUT2D eigenvalue weighted by atomic mass is 14.2. The highest BCUT2D eigenvalue weighted by molar-refractivity contribution is 5.03. The summed E-state index contributed by atoms with van der Waals surface area (Å²) >= 11 is 0. The second-order valence-corrected chi connectivity index (χ2v) is 3.36. The van der Waals surface area contributed by atoms with Crippen LogP contribution in [-0.2, 0) is 0 Å². The van der Waals surface area contributed by atoms with Gasteiger partial charge in [0.25, 0.3) is 0 Å². The van der Waals surface area contributed by atoms with Crippen molar-refractivity contribution in [1.82, 2.24) is 0 Å². The molecule has 82 valence electrons. The van der Waals surface area contributed by atoms with E-state index in [0.717, 1.165) is 19.3 Å². The summed E-state index contributed by atoms with van der Waals surface area (Å²) in [5.41, 5.74) is 0. The number of rotatable bonds is 8. The van der Waals surface area contributed by atoms with Gasteiger partial charge >= 0.3 is 0 Å². The fraction of sp³-hybridized carbons (Fsp3) is 0.500. The lowest BCUT2D eigenvalue weighted by atomic mass is 10.2. The van der Waals surface area contributed by atoms with Crippen molar-refractivity contribution >= 4 is 0 Å². The first kappa shape index (κ1) is 13.7. The van der Waals surface area contributed by atoms with E-state index < -0.39 is 0 Å². The molecule has 0 radical (unpaired) electrons. The molecule has 0 aliphatic heterocycles. The molecule has 0 spiro atoms. The van der Waals surface area contributed by atoms with E-state index in [2.05, 4.69) is 37.3 Å². The average molecular weight is 203 g/mol. The predicted molar refractivity (Wildman–Crippen MR) is 66.4 cm³/mol. The minimum Gasteiger partial charge on any atom is -0.198 e. The summed E-state index contributed by atoms with van der Waals surface area (Å²) in [6.07, 6.45) is 18.9. The lowest BCUT2D eigenvalue weighted by Crippen LogP contribution is -1.68. The molecule has 0 heterocycles. The quantitative estimate of drug-likeness (QED) is 0.323. The van der Waals surface area contributed by atoms with E-state index >= 15 is 0 Å². The van der Waals surface area contributed by atoms with Crippen molar-refractivity contribution < 1.29 is 0 Å². The highest BCUT2D eigenvalue weighted by Crippen LogP contribution is 1.99. The van der Waals surface area contributed by atoms with Crippen LogP contribution in [0.3, 0.4) is 0 Å². The van der Waals surface area contributed by atoms with E-state index in [1.54, 1.807) is 0 Å². The molecule has 0 saturated carbocycles. The van der Waals surface area contributed by atoms with Gasteiger partial charge in [-0.15, -0.1) is 0 Å². The van der Waals surface area contributed by atoms with Crippen molar-refractivity contribution in [2.45, 2.75) is 45.4 Å². The van der Waals surface area contributed by atoms with E-state index in [4.69, 9.17) is 5.26 Å². The summed E-state index contributed by atoms with van der Waals surface area (Å²) in [7, 11) is 0. The van der Waals surface area contributed by atoms with Crippen LogP contribution >= 0.6 is 0 Å². The largest absolute Gasteiger partial charge is 0.198 e. The van der Waals surface area contributed by atoms with E-state index in [1.165, 1.54) is 12.8 Å². The Labute approximate surface area is 93.8 Å².